The average Bonchev–Trinajstić information content (AvgIpc) is 1.95. The van der Waals surface area contributed by atoms with E-state index in [2.05, 4.69) is 0 Å². The third kappa shape index (κ3) is 2.55. The summed E-state index contributed by atoms with van der Waals surface area (Å²) in [5, 5.41) is 18.2. The first-order valence-corrected chi connectivity index (χ1v) is 3.88. The predicted molar refractivity (Wildman–Crippen MR) is 44.3 cm³/mol. The van der Waals surface area contributed by atoms with E-state index in [1.165, 1.54) is 13.0 Å². The minimum Gasteiger partial charge on any atom is -0.508 e. The second kappa shape index (κ2) is 3.40. The highest BCUT2D eigenvalue weighted by Gasteiger charge is 2.30. The predicted octanol–water partition coefficient (Wildman–Crippen LogP) is 2.51. The fourth-order valence-electron chi connectivity index (χ4n) is 1.21. The summed E-state index contributed by atoms with van der Waals surface area (Å²) in [5.74, 6) is -0.772. The number of aryl methyl sites for hydroxylation is 1. The Bertz CT molecular complexity index is 321. The van der Waals surface area contributed by atoms with Gasteiger partial charge in [-0.1, -0.05) is 0 Å². The highest BCUT2D eigenvalue weighted by atomic mass is 19.4. The van der Waals surface area contributed by atoms with Crippen molar-refractivity contribution in [1.82, 2.24) is 0 Å². The molecule has 0 heterocycles. The molecule has 0 fully saturated rings. The van der Waals surface area contributed by atoms with Gasteiger partial charge >= 0.3 is 6.18 Å². The Hall–Kier alpha value is -1.39. The minimum atomic E-state index is -4.36. The molecule has 0 radical (unpaired) electrons. The first kappa shape index (κ1) is 10.7. The molecule has 0 bridgehead atoms. The summed E-state index contributed by atoms with van der Waals surface area (Å²) in [4.78, 5) is 0. The summed E-state index contributed by atoms with van der Waals surface area (Å²) < 4.78 is 36.1. The Morgan fingerprint density at radius 1 is 1.21 bits per heavy atom. The highest BCUT2D eigenvalue weighted by molar-refractivity contribution is 5.45. The maximum Gasteiger partial charge on any atom is 0.393 e. The molecule has 78 valence electrons. The van der Waals surface area contributed by atoms with Crippen molar-refractivity contribution in [2.75, 3.05) is 0 Å². The van der Waals surface area contributed by atoms with Crippen molar-refractivity contribution >= 4 is 0 Å². The molecule has 0 spiro atoms. The molecular weight excluding hydrogens is 197 g/mol. The quantitative estimate of drug-likeness (QED) is 0.741. The van der Waals surface area contributed by atoms with Gasteiger partial charge in [0.25, 0.3) is 0 Å². The van der Waals surface area contributed by atoms with E-state index in [4.69, 9.17) is 5.11 Å². The smallest absolute Gasteiger partial charge is 0.393 e. The molecule has 0 saturated carbocycles. The largest absolute Gasteiger partial charge is 0.508 e. The summed E-state index contributed by atoms with van der Waals surface area (Å²) in [7, 11) is 0. The Kier molecular flexibility index (Phi) is 2.59. The molecule has 0 aromatic heterocycles. The van der Waals surface area contributed by atoms with Crippen LogP contribution in [0.5, 0.6) is 11.5 Å². The molecular formula is C9H9F3O2. The molecule has 0 aliphatic rings. The molecule has 0 amide bonds. The third-order valence-corrected chi connectivity index (χ3v) is 1.81. The van der Waals surface area contributed by atoms with Crippen molar-refractivity contribution in [3.63, 3.8) is 0 Å². The van der Waals surface area contributed by atoms with Crippen LogP contribution < -0.4 is 0 Å². The van der Waals surface area contributed by atoms with Gasteiger partial charge in [0, 0.05) is 11.6 Å². The van der Waals surface area contributed by atoms with E-state index in [0.29, 0.717) is 0 Å². The van der Waals surface area contributed by atoms with Gasteiger partial charge in [-0.25, -0.2) is 0 Å². The van der Waals surface area contributed by atoms with Crippen LogP contribution in [0.3, 0.4) is 0 Å². The van der Waals surface area contributed by atoms with Gasteiger partial charge in [-0.05, 0) is 18.6 Å². The first-order chi connectivity index (χ1) is 6.29. The topological polar surface area (TPSA) is 40.5 Å². The van der Waals surface area contributed by atoms with Crippen LogP contribution in [0, 0.1) is 6.92 Å². The van der Waals surface area contributed by atoms with Crippen molar-refractivity contribution < 1.29 is 23.4 Å². The number of benzene rings is 1. The molecule has 0 atom stereocenters. The van der Waals surface area contributed by atoms with Crippen molar-refractivity contribution in [3.05, 3.63) is 23.3 Å². The van der Waals surface area contributed by atoms with Gasteiger partial charge in [0.05, 0.1) is 6.42 Å². The summed E-state index contributed by atoms with van der Waals surface area (Å²) in [6.45, 7) is 1.40. The second-order valence-electron chi connectivity index (χ2n) is 3.05. The Morgan fingerprint density at radius 2 is 1.79 bits per heavy atom. The summed E-state index contributed by atoms with van der Waals surface area (Å²) in [6.07, 6.45) is -5.55. The number of alkyl halides is 3. The van der Waals surface area contributed by atoms with Crippen LogP contribution >= 0.6 is 0 Å². The van der Waals surface area contributed by atoms with Crippen molar-refractivity contribution in [3.8, 4) is 11.5 Å². The fraction of sp³-hybridized carbons (Fsp3) is 0.333. The van der Waals surface area contributed by atoms with Crippen LogP contribution in [0.4, 0.5) is 13.2 Å². The highest BCUT2D eigenvalue weighted by Crippen LogP contribution is 2.32. The molecule has 0 aliphatic heterocycles. The lowest BCUT2D eigenvalue weighted by molar-refractivity contribution is -0.127. The number of phenols is 2. The van der Waals surface area contributed by atoms with Gasteiger partial charge in [-0.2, -0.15) is 13.2 Å². The number of halogens is 3. The minimum absolute atomic E-state index is 0.199. The molecule has 1 rings (SSSR count). The van der Waals surface area contributed by atoms with Crippen molar-refractivity contribution in [2.24, 2.45) is 0 Å². The van der Waals surface area contributed by atoms with Crippen LogP contribution in [-0.4, -0.2) is 16.4 Å². The number of hydrogen-bond donors (Lipinski definition) is 2. The lowest BCUT2D eigenvalue weighted by atomic mass is 10.0. The molecule has 2 nitrogen and oxygen atoms in total. The van der Waals surface area contributed by atoms with Crippen LogP contribution in [0.2, 0.25) is 0 Å². The third-order valence-electron chi connectivity index (χ3n) is 1.81. The monoisotopic (exact) mass is 206 g/mol. The van der Waals surface area contributed by atoms with E-state index in [9.17, 15) is 18.3 Å². The van der Waals surface area contributed by atoms with E-state index in [-0.39, 0.29) is 16.9 Å². The van der Waals surface area contributed by atoms with E-state index < -0.39 is 18.3 Å². The summed E-state index contributed by atoms with van der Waals surface area (Å²) in [6, 6.07) is 2.08. The lowest BCUT2D eigenvalue weighted by Gasteiger charge is -2.11. The maximum atomic E-state index is 12.0. The molecule has 14 heavy (non-hydrogen) atoms. The molecule has 1 aromatic rings. The van der Waals surface area contributed by atoms with E-state index in [1.54, 1.807) is 0 Å². The van der Waals surface area contributed by atoms with Gasteiger partial charge in [0.15, 0.2) is 0 Å². The molecule has 0 aliphatic carbocycles. The molecule has 0 saturated heterocycles. The van der Waals surface area contributed by atoms with Gasteiger partial charge in [0.2, 0.25) is 0 Å². The normalized spacial score (nSPS) is 11.7. The zero-order chi connectivity index (χ0) is 10.9. The standard InChI is InChI=1S/C9H9F3O2/c1-5-2-6(13)3-8(14)7(5)4-9(10,11)12/h2-3,13-14H,4H2,1H3. The number of phenolic OH excluding ortho intramolecular Hbond substituents is 2. The zero-order valence-electron chi connectivity index (χ0n) is 7.39. The molecule has 0 unspecified atom stereocenters. The van der Waals surface area contributed by atoms with Crippen LogP contribution in [0.1, 0.15) is 11.1 Å². The van der Waals surface area contributed by atoms with Gasteiger partial charge in [-0.3, -0.25) is 0 Å². The van der Waals surface area contributed by atoms with Crippen LogP contribution in [-0.2, 0) is 6.42 Å². The summed E-state index contributed by atoms with van der Waals surface area (Å²) >= 11 is 0. The lowest BCUT2D eigenvalue weighted by Crippen LogP contribution is -2.12. The molecule has 2 N–H and O–H groups in total. The Labute approximate surface area is 78.6 Å². The SMILES string of the molecule is Cc1cc(O)cc(O)c1CC(F)(F)F. The molecule has 5 heteroatoms. The fourth-order valence-corrected chi connectivity index (χ4v) is 1.21. The van der Waals surface area contributed by atoms with Gasteiger partial charge in [0.1, 0.15) is 11.5 Å². The van der Waals surface area contributed by atoms with Crippen molar-refractivity contribution in [2.45, 2.75) is 19.5 Å². The second-order valence-corrected chi connectivity index (χ2v) is 3.05. The Morgan fingerprint density at radius 3 is 2.21 bits per heavy atom. The Balaban J connectivity index is 3.09. The van der Waals surface area contributed by atoms with Gasteiger partial charge < -0.3 is 10.2 Å². The zero-order valence-corrected chi connectivity index (χ0v) is 7.39. The first-order valence-electron chi connectivity index (χ1n) is 3.88. The van der Waals surface area contributed by atoms with Crippen LogP contribution in [0.25, 0.3) is 0 Å². The number of hydrogen-bond acceptors (Lipinski definition) is 2. The molecule has 1 aromatic carbocycles. The number of aromatic hydroxyl groups is 2. The van der Waals surface area contributed by atoms with E-state index in [1.807, 2.05) is 0 Å². The van der Waals surface area contributed by atoms with Crippen LogP contribution in [0.15, 0.2) is 12.1 Å². The number of rotatable bonds is 1. The summed E-state index contributed by atoms with van der Waals surface area (Å²) in [5.41, 5.74) is 0.0233. The van der Waals surface area contributed by atoms with E-state index in [0.717, 1.165) is 6.07 Å². The van der Waals surface area contributed by atoms with E-state index >= 15 is 0 Å². The van der Waals surface area contributed by atoms with Crippen molar-refractivity contribution in [1.29, 1.82) is 0 Å². The average molecular weight is 206 g/mol. The van der Waals surface area contributed by atoms with Gasteiger partial charge in [-0.15, -0.1) is 0 Å². The maximum absolute atomic E-state index is 12.0.